The molecule has 3 heterocycles. The van der Waals surface area contributed by atoms with Crippen molar-refractivity contribution in [1.29, 1.82) is 0 Å². The predicted octanol–water partition coefficient (Wildman–Crippen LogP) is -0.118. The predicted molar refractivity (Wildman–Crippen MR) is 182 cm³/mol. The number of aromatic hydroxyl groups is 6. The van der Waals surface area contributed by atoms with Gasteiger partial charge in [0.05, 0.1) is 18.2 Å². The smallest absolute Gasteiger partial charge is 0.402 e. The summed E-state index contributed by atoms with van der Waals surface area (Å²) in [6.45, 7) is -1.54. The molecule has 1 aromatic heterocycles. The first-order valence-corrected chi connectivity index (χ1v) is 16.5. The van der Waals surface area contributed by atoms with Gasteiger partial charge in [0.2, 0.25) is 12.0 Å². The molecule has 294 valence electrons. The fourth-order valence-electron chi connectivity index (χ4n) is 5.93. The lowest BCUT2D eigenvalue weighted by atomic mass is 9.97. The molecule has 2 aliphatic heterocycles. The number of hydrogen-bond donors (Lipinski definition) is 12. The Kier molecular flexibility index (Phi) is 11.5. The molecule has 19 heteroatoms. The van der Waals surface area contributed by atoms with Crippen LogP contribution in [0.25, 0.3) is 28.4 Å². The summed E-state index contributed by atoms with van der Waals surface area (Å²) in [5, 5.41) is 124. The number of rotatable bonds is 10. The molecule has 4 aromatic rings. The molecule has 0 spiro atoms. The highest BCUT2D eigenvalue weighted by molar-refractivity contribution is 5.89. The molecule has 12 N–H and O–H groups in total. The molecule has 0 amide bonds. The van der Waals surface area contributed by atoms with Crippen LogP contribution in [-0.2, 0) is 23.7 Å². The zero-order valence-electron chi connectivity index (χ0n) is 28.3. The van der Waals surface area contributed by atoms with Gasteiger partial charge in [0.15, 0.2) is 23.5 Å². The molecular weight excluding hydrogens is 736 g/mol. The van der Waals surface area contributed by atoms with Crippen molar-refractivity contribution in [2.75, 3.05) is 13.2 Å². The topological polar surface area (TPSA) is 317 Å². The largest absolute Gasteiger partial charge is 0.508 e. The Labute approximate surface area is 309 Å². The van der Waals surface area contributed by atoms with E-state index in [0.717, 1.165) is 30.3 Å². The number of hydrogen-bond acceptors (Lipinski definition) is 18. The van der Waals surface area contributed by atoms with Crippen molar-refractivity contribution >= 4 is 23.0 Å². The average Bonchev–Trinajstić information content (AvgIpc) is 3.15. The van der Waals surface area contributed by atoms with Crippen LogP contribution in [0.1, 0.15) is 5.56 Å². The lowest BCUT2D eigenvalue weighted by Crippen LogP contribution is -2.65. The van der Waals surface area contributed by atoms with Gasteiger partial charge in [-0.2, -0.15) is 0 Å². The van der Waals surface area contributed by atoms with Crippen molar-refractivity contribution in [1.82, 2.24) is 0 Å². The molecule has 2 aliphatic rings. The monoisotopic (exact) mass is 773 g/mol. The Morgan fingerprint density at radius 1 is 0.727 bits per heavy atom. The van der Waals surface area contributed by atoms with Crippen LogP contribution in [0.4, 0.5) is 0 Å². The van der Waals surface area contributed by atoms with Crippen molar-refractivity contribution in [2.24, 2.45) is 0 Å². The number of aliphatic hydroxyl groups excluding tert-OH is 6. The summed E-state index contributed by atoms with van der Waals surface area (Å²) >= 11 is 0. The van der Waals surface area contributed by atoms with Crippen LogP contribution in [0, 0.1) is 0 Å². The number of carbonyl (C=O) groups is 1. The van der Waals surface area contributed by atoms with Gasteiger partial charge >= 0.3 is 17.3 Å². The second kappa shape index (κ2) is 16.1. The molecule has 0 bridgehead atoms. The molecule has 0 aliphatic carbocycles. The second-order valence-corrected chi connectivity index (χ2v) is 12.7. The van der Waals surface area contributed by atoms with E-state index in [-0.39, 0.29) is 33.8 Å². The van der Waals surface area contributed by atoms with Gasteiger partial charge in [-0.1, -0.05) is 12.1 Å². The Morgan fingerprint density at radius 3 is 2.05 bits per heavy atom. The maximum atomic E-state index is 12.3. The van der Waals surface area contributed by atoms with Crippen LogP contribution >= 0.6 is 0 Å². The number of esters is 1. The summed E-state index contributed by atoms with van der Waals surface area (Å²) < 4.78 is 33.8. The van der Waals surface area contributed by atoms with E-state index < -0.39 is 109 Å². The molecule has 0 radical (unpaired) electrons. The lowest BCUT2D eigenvalue weighted by Gasteiger charge is -2.45. The zero-order valence-corrected chi connectivity index (χ0v) is 28.3. The summed E-state index contributed by atoms with van der Waals surface area (Å²) in [4.78, 5) is 12.3. The number of ether oxygens (including phenoxy) is 5. The van der Waals surface area contributed by atoms with Gasteiger partial charge in [-0.05, 0) is 23.8 Å². The maximum absolute atomic E-state index is 12.3. The van der Waals surface area contributed by atoms with E-state index in [4.69, 9.17) is 28.1 Å². The summed E-state index contributed by atoms with van der Waals surface area (Å²) in [5.74, 6) is -4.76. The minimum atomic E-state index is -2.01. The second-order valence-electron chi connectivity index (χ2n) is 12.7. The standard InChI is InChI=1S/C36H36O19/c37-12-24-34(55-36-31(48)29(46)28(45)25(54-36)13-50-26(43)6-3-14-1-4-16(38)5-2-14)30(47)32(49)35(53-24)52-23-11-18-19(40)9-17(39)10-22(18)51-33(23)15-7-20(41)27(44)21(42)8-15/h1-11,24-25,28-32,34-37,45-49H,12-13H2,(H5-,38,39,40,41,42,43,44)/p+1/t24-,25-,28-,29+,30-,31-,32-,34+,35-,36?/m1/s1. The SMILES string of the molecule is O=C(/C=C/c1ccc(O)cc1)OC[C@H]1OC(O[C@@H]2[C@H](O)[C@@H](O)[C@H](Oc3cc4c(O)cc(O)cc4[o+]c3-c3cc(O)c(O)c(O)c3)O[C@@H]2CO)[C@H](O)[C@@H](O)[C@@H]1O. The molecule has 19 nitrogen and oxygen atoms in total. The van der Waals surface area contributed by atoms with E-state index in [1.165, 1.54) is 36.4 Å². The van der Waals surface area contributed by atoms with Crippen LogP contribution in [0.15, 0.2) is 65.1 Å². The van der Waals surface area contributed by atoms with E-state index in [0.29, 0.717) is 5.56 Å². The van der Waals surface area contributed by atoms with Crippen molar-refractivity contribution in [3.63, 3.8) is 0 Å². The molecular formula is C36H37O19+. The average molecular weight is 774 g/mol. The minimum Gasteiger partial charge on any atom is -0.508 e. The Balaban J connectivity index is 1.19. The minimum absolute atomic E-state index is 0.0222. The third-order valence-corrected chi connectivity index (χ3v) is 8.87. The molecule has 1 unspecified atom stereocenters. The van der Waals surface area contributed by atoms with Crippen molar-refractivity contribution in [2.45, 2.75) is 61.4 Å². The first kappa shape index (κ1) is 39.2. The quantitative estimate of drug-likeness (QED) is 0.0433. The number of benzene rings is 3. The summed E-state index contributed by atoms with van der Waals surface area (Å²) in [7, 11) is 0. The third kappa shape index (κ3) is 8.29. The summed E-state index contributed by atoms with van der Waals surface area (Å²) in [6, 6.07) is 11.1. The van der Waals surface area contributed by atoms with Crippen molar-refractivity contribution in [3.05, 3.63) is 66.2 Å². The van der Waals surface area contributed by atoms with Gasteiger partial charge < -0.3 is 85.0 Å². The van der Waals surface area contributed by atoms with Gasteiger partial charge in [0, 0.05) is 30.3 Å². The van der Waals surface area contributed by atoms with Gasteiger partial charge in [-0.3, -0.25) is 0 Å². The Hall–Kier alpha value is -5.48. The Bertz CT molecular complexity index is 2010. The van der Waals surface area contributed by atoms with Gasteiger partial charge in [0.1, 0.15) is 78.1 Å². The molecule has 2 saturated heterocycles. The van der Waals surface area contributed by atoms with Gasteiger partial charge in [-0.15, -0.1) is 0 Å². The fraction of sp³-hybridized carbons (Fsp3) is 0.333. The fourth-order valence-corrected chi connectivity index (χ4v) is 5.93. The van der Waals surface area contributed by atoms with E-state index in [2.05, 4.69) is 0 Å². The van der Waals surface area contributed by atoms with Crippen LogP contribution in [0.2, 0.25) is 0 Å². The molecule has 3 aromatic carbocycles. The lowest BCUT2D eigenvalue weighted by molar-refractivity contribution is -0.352. The van der Waals surface area contributed by atoms with E-state index in [1.807, 2.05) is 0 Å². The summed E-state index contributed by atoms with van der Waals surface area (Å²) in [5.41, 5.74) is 0.329. The van der Waals surface area contributed by atoms with Crippen LogP contribution in [0.3, 0.4) is 0 Å². The zero-order chi connectivity index (χ0) is 39.7. The number of fused-ring (bicyclic) bond motifs is 1. The normalized spacial score (nSPS) is 28.3. The number of phenols is 6. The molecule has 55 heavy (non-hydrogen) atoms. The van der Waals surface area contributed by atoms with E-state index >= 15 is 0 Å². The first-order valence-electron chi connectivity index (χ1n) is 16.5. The highest BCUT2D eigenvalue weighted by Gasteiger charge is 2.51. The highest BCUT2D eigenvalue weighted by Crippen LogP contribution is 2.45. The van der Waals surface area contributed by atoms with Crippen LogP contribution in [-0.4, -0.2) is 142 Å². The molecule has 0 saturated carbocycles. The number of aliphatic hydroxyl groups is 6. The highest BCUT2D eigenvalue weighted by atomic mass is 16.7. The first-order chi connectivity index (χ1) is 26.1. The summed E-state index contributed by atoms with van der Waals surface area (Å²) in [6.07, 6.45) is -15.6. The maximum Gasteiger partial charge on any atom is 0.402 e. The van der Waals surface area contributed by atoms with Crippen LogP contribution < -0.4 is 4.74 Å². The molecule has 2 fully saturated rings. The van der Waals surface area contributed by atoms with Gasteiger partial charge in [0.25, 0.3) is 0 Å². The Morgan fingerprint density at radius 2 is 1.38 bits per heavy atom. The number of phenolic OH excluding ortho intramolecular Hbond substituents is 6. The molecule has 10 atom stereocenters. The van der Waals surface area contributed by atoms with Gasteiger partial charge in [-0.25, -0.2) is 9.21 Å². The number of carbonyl (C=O) groups excluding carboxylic acids is 1. The van der Waals surface area contributed by atoms with Crippen LogP contribution in [0.5, 0.6) is 40.2 Å². The van der Waals surface area contributed by atoms with Crippen molar-refractivity contribution < 1.29 is 94.2 Å². The third-order valence-electron chi connectivity index (χ3n) is 8.87. The van der Waals surface area contributed by atoms with E-state index in [9.17, 15) is 66.1 Å². The molecule has 6 rings (SSSR count). The van der Waals surface area contributed by atoms with Crippen molar-refractivity contribution in [3.8, 4) is 51.6 Å². The van der Waals surface area contributed by atoms with E-state index in [1.54, 1.807) is 0 Å².